The fourth-order valence-electron chi connectivity index (χ4n) is 2.55. The lowest BCUT2D eigenvalue weighted by molar-refractivity contribution is 0.251. The Bertz CT molecular complexity index is 666. The van der Waals surface area contributed by atoms with Crippen LogP contribution >= 0.6 is 0 Å². The number of anilines is 2. The van der Waals surface area contributed by atoms with Gasteiger partial charge in [0.05, 0.1) is 11.9 Å². The van der Waals surface area contributed by atoms with Crippen LogP contribution in [0.2, 0.25) is 0 Å². The number of carbonyl (C=O) groups excluding carboxylic acids is 1. The van der Waals surface area contributed by atoms with Crippen molar-refractivity contribution in [3.63, 3.8) is 0 Å². The highest BCUT2D eigenvalue weighted by molar-refractivity contribution is 5.88. The predicted octanol–water partition coefficient (Wildman–Crippen LogP) is 3.78. The molecule has 0 unspecified atom stereocenters. The SMILES string of the molecule is CC(C)N(Cc1ccccc1)c1ccc(NC(=O)NC2CC2)nc1. The molecule has 2 aromatic rings. The van der Waals surface area contributed by atoms with E-state index < -0.39 is 0 Å². The van der Waals surface area contributed by atoms with Gasteiger partial charge in [0.25, 0.3) is 0 Å². The number of urea groups is 1. The zero-order valence-electron chi connectivity index (χ0n) is 14.2. The number of benzene rings is 1. The lowest BCUT2D eigenvalue weighted by Gasteiger charge is -2.29. The molecule has 3 rings (SSSR count). The van der Waals surface area contributed by atoms with Gasteiger partial charge in [-0.05, 0) is 44.4 Å². The second-order valence-corrected chi connectivity index (χ2v) is 6.48. The van der Waals surface area contributed by atoms with Crippen LogP contribution in [0.3, 0.4) is 0 Å². The maximum absolute atomic E-state index is 11.8. The summed E-state index contributed by atoms with van der Waals surface area (Å²) >= 11 is 0. The molecule has 0 aliphatic heterocycles. The summed E-state index contributed by atoms with van der Waals surface area (Å²) in [6.07, 6.45) is 3.96. The van der Waals surface area contributed by atoms with Crippen LogP contribution in [0.5, 0.6) is 0 Å². The second-order valence-electron chi connectivity index (χ2n) is 6.48. The summed E-state index contributed by atoms with van der Waals surface area (Å²) in [5.41, 5.74) is 2.30. The molecular formula is C19H24N4O. The minimum atomic E-state index is -0.178. The van der Waals surface area contributed by atoms with E-state index in [4.69, 9.17) is 0 Å². The van der Waals surface area contributed by atoms with E-state index in [0.717, 1.165) is 25.1 Å². The molecule has 1 saturated carbocycles. The molecule has 5 nitrogen and oxygen atoms in total. The Hall–Kier alpha value is -2.56. The maximum atomic E-state index is 11.8. The number of rotatable bonds is 6. The molecule has 1 heterocycles. The summed E-state index contributed by atoms with van der Waals surface area (Å²) < 4.78 is 0. The molecule has 0 spiro atoms. The van der Waals surface area contributed by atoms with Crippen molar-refractivity contribution in [2.24, 2.45) is 0 Å². The summed E-state index contributed by atoms with van der Waals surface area (Å²) in [6, 6.07) is 14.7. The predicted molar refractivity (Wildman–Crippen MR) is 97.2 cm³/mol. The lowest BCUT2D eigenvalue weighted by atomic mass is 10.1. The van der Waals surface area contributed by atoms with Crippen molar-refractivity contribution in [3.05, 3.63) is 54.2 Å². The van der Waals surface area contributed by atoms with Gasteiger partial charge in [-0.2, -0.15) is 0 Å². The first kappa shape index (κ1) is 16.3. The van der Waals surface area contributed by atoms with Crippen LogP contribution in [-0.4, -0.2) is 23.1 Å². The molecule has 24 heavy (non-hydrogen) atoms. The molecule has 1 aromatic heterocycles. The third-order valence-corrected chi connectivity index (χ3v) is 4.05. The molecule has 1 aliphatic rings. The van der Waals surface area contributed by atoms with Gasteiger partial charge in [-0.15, -0.1) is 0 Å². The van der Waals surface area contributed by atoms with E-state index >= 15 is 0 Å². The molecule has 5 heteroatoms. The molecule has 2 N–H and O–H groups in total. The van der Waals surface area contributed by atoms with E-state index in [0.29, 0.717) is 17.9 Å². The smallest absolute Gasteiger partial charge is 0.320 e. The van der Waals surface area contributed by atoms with E-state index in [1.54, 1.807) is 0 Å². The number of nitrogens with zero attached hydrogens (tertiary/aromatic N) is 2. The molecule has 1 aliphatic carbocycles. The number of amides is 2. The maximum Gasteiger partial charge on any atom is 0.320 e. The van der Waals surface area contributed by atoms with Crippen molar-refractivity contribution in [2.45, 2.75) is 45.3 Å². The van der Waals surface area contributed by atoms with E-state index in [-0.39, 0.29) is 6.03 Å². The van der Waals surface area contributed by atoms with Crippen molar-refractivity contribution < 1.29 is 4.79 Å². The van der Waals surface area contributed by atoms with E-state index in [1.807, 2.05) is 24.4 Å². The average molecular weight is 324 g/mol. The Morgan fingerprint density at radius 2 is 1.96 bits per heavy atom. The summed E-state index contributed by atoms with van der Waals surface area (Å²) in [7, 11) is 0. The number of hydrogen-bond donors (Lipinski definition) is 2. The Labute approximate surface area is 143 Å². The van der Waals surface area contributed by atoms with Crippen molar-refractivity contribution >= 4 is 17.5 Å². The van der Waals surface area contributed by atoms with Crippen LogP contribution in [0.4, 0.5) is 16.3 Å². The Morgan fingerprint density at radius 3 is 2.54 bits per heavy atom. The van der Waals surface area contributed by atoms with Crippen LogP contribution in [-0.2, 0) is 6.54 Å². The monoisotopic (exact) mass is 324 g/mol. The molecule has 1 fully saturated rings. The summed E-state index contributed by atoms with van der Waals surface area (Å²) in [4.78, 5) is 18.4. The first-order valence-electron chi connectivity index (χ1n) is 8.46. The van der Waals surface area contributed by atoms with Crippen molar-refractivity contribution in [2.75, 3.05) is 10.2 Å². The molecule has 126 valence electrons. The fraction of sp³-hybridized carbons (Fsp3) is 0.368. The van der Waals surface area contributed by atoms with E-state index in [2.05, 4.69) is 58.6 Å². The summed E-state index contributed by atoms with van der Waals surface area (Å²) in [5, 5.41) is 5.67. The minimum Gasteiger partial charge on any atom is -0.364 e. The van der Waals surface area contributed by atoms with Crippen molar-refractivity contribution in [3.8, 4) is 0 Å². The van der Waals surface area contributed by atoms with Crippen LogP contribution in [0.15, 0.2) is 48.7 Å². The molecule has 0 radical (unpaired) electrons. The largest absolute Gasteiger partial charge is 0.364 e. The van der Waals surface area contributed by atoms with Gasteiger partial charge in [-0.3, -0.25) is 5.32 Å². The first-order chi connectivity index (χ1) is 11.6. The first-order valence-corrected chi connectivity index (χ1v) is 8.46. The van der Waals surface area contributed by atoms with Gasteiger partial charge in [0.15, 0.2) is 0 Å². The fourth-order valence-corrected chi connectivity index (χ4v) is 2.55. The van der Waals surface area contributed by atoms with Crippen LogP contribution in [0.25, 0.3) is 0 Å². The van der Waals surface area contributed by atoms with Gasteiger partial charge in [-0.1, -0.05) is 30.3 Å². The van der Waals surface area contributed by atoms with Crippen LogP contribution in [0, 0.1) is 0 Å². The highest BCUT2D eigenvalue weighted by atomic mass is 16.2. The summed E-state index contributed by atoms with van der Waals surface area (Å²) in [6.45, 7) is 5.16. The highest BCUT2D eigenvalue weighted by Gasteiger charge is 2.23. The van der Waals surface area contributed by atoms with Gasteiger partial charge < -0.3 is 10.2 Å². The van der Waals surface area contributed by atoms with Gasteiger partial charge in [0.2, 0.25) is 0 Å². The zero-order chi connectivity index (χ0) is 16.9. The Morgan fingerprint density at radius 1 is 1.21 bits per heavy atom. The molecule has 2 amide bonds. The quantitative estimate of drug-likeness (QED) is 0.850. The third-order valence-electron chi connectivity index (χ3n) is 4.05. The molecule has 0 bridgehead atoms. The molecule has 0 atom stereocenters. The molecular weight excluding hydrogens is 300 g/mol. The van der Waals surface area contributed by atoms with Crippen molar-refractivity contribution in [1.82, 2.24) is 10.3 Å². The zero-order valence-corrected chi connectivity index (χ0v) is 14.2. The number of aromatic nitrogens is 1. The standard InChI is InChI=1S/C19H24N4O/c1-14(2)23(13-15-6-4-3-5-7-15)17-10-11-18(20-12-17)22-19(24)21-16-8-9-16/h3-7,10-12,14,16H,8-9,13H2,1-2H3,(H2,20,21,22,24). The normalized spacial score (nSPS) is 13.6. The third kappa shape index (κ3) is 4.47. The van der Waals surface area contributed by atoms with Gasteiger partial charge in [-0.25, -0.2) is 9.78 Å². The minimum absolute atomic E-state index is 0.178. The van der Waals surface area contributed by atoms with E-state index in [9.17, 15) is 4.79 Å². The van der Waals surface area contributed by atoms with E-state index in [1.165, 1.54) is 5.56 Å². The number of hydrogen-bond acceptors (Lipinski definition) is 3. The van der Waals surface area contributed by atoms with Gasteiger partial charge in [0, 0.05) is 18.6 Å². The topological polar surface area (TPSA) is 57.3 Å². The lowest BCUT2D eigenvalue weighted by Crippen LogP contribution is -2.31. The molecule has 1 aromatic carbocycles. The number of carbonyl (C=O) groups is 1. The average Bonchev–Trinajstić information content (AvgIpc) is 3.38. The Kier molecular flexibility index (Phi) is 4.99. The second kappa shape index (κ2) is 7.34. The van der Waals surface area contributed by atoms with Gasteiger partial charge in [0.1, 0.15) is 5.82 Å². The number of nitrogens with one attached hydrogen (secondary N) is 2. The Balaban J connectivity index is 1.66. The van der Waals surface area contributed by atoms with Crippen molar-refractivity contribution in [1.29, 1.82) is 0 Å². The van der Waals surface area contributed by atoms with Crippen LogP contribution < -0.4 is 15.5 Å². The number of pyridine rings is 1. The van der Waals surface area contributed by atoms with Gasteiger partial charge >= 0.3 is 6.03 Å². The highest BCUT2D eigenvalue weighted by Crippen LogP contribution is 2.21. The van der Waals surface area contributed by atoms with Crippen LogP contribution in [0.1, 0.15) is 32.3 Å². The summed E-state index contributed by atoms with van der Waals surface area (Å²) in [5.74, 6) is 0.570. The molecule has 0 saturated heterocycles.